The summed E-state index contributed by atoms with van der Waals surface area (Å²) in [6.45, 7) is 6.74. The second-order valence-corrected chi connectivity index (χ2v) is 6.20. The van der Waals surface area contributed by atoms with Gasteiger partial charge in [-0.1, -0.05) is 26.3 Å². The first-order valence-corrected chi connectivity index (χ1v) is 8.11. The minimum atomic E-state index is 0.231. The topological polar surface area (TPSA) is 30.5 Å². The first-order chi connectivity index (χ1) is 10.2. The molecule has 1 aromatic rings. The lowest BCUT2D eigenvalue weighted by Crippen LogP contribution is -2.40. The molecule has 0 radical (unpaired) electrons. The molecule has 2 atom stereocenters. The number of hydrogen-bond donors (Lipinski definition) is 1. The molecule has 3 heteroatoms. The van der Waals surface area contributed by atoms with Crippen molar-refractivity contribution >= 4 is 0 Å². The molecule has 1 aliphatic rings. The maximum atomic E-state index is 5.50. The molecule has 0 aliphatic heterocycles. The normalized spacial score (nSPS) is 25.0. The van der Waals surface area contributed by atoms with E-state index in [2.05, 4.69) is 31.3 Å². The van der Waals surface area contributed by atoms with Gasteiger partial charge in [0, 0.05) is 12.0 Å². The third kappa shape index (κ3) is 3.18. The number of nitrogens with one attached hydrogen (secondary N) is 1. The van der Waals surface area contributed by atoms with Crippen LogP contribution < -0.4 is 14.8 Å². The van der Waals surface area contributed by atoms with E-state index in [-0.39, 0.29) is 5.41 Å². The third-order valence-electron chi connectivity index (χ3n) is 5.03. The lowest BCUT2D eigenvalue weighted by atomic mass is 9.72. The number of methoxy groups -OCH3 is 2. The zero-order valence-electron chi connectivity index (χ0n) is 13.9. The van der Waals surface area contributed by atoms with E-state index in [1.807, 2.05) is 6.07 Å². The second kappa shape index (κ2) is 7.17. The smallest absolute Gasteiger partial charge is 0.161 e. The van der Waals surface area contributed by atoms with Crippen molar-refractivity contribution in [2.45, 2.75) is 44.9 Å². The molecule has 0 bridgehead atoms. The van der Waals surface area contributed by atoms with Crippen molar-refractivity contribution in [1.82, 2.24) is 5.32 Å². The Morgan fingerprint density at radius 1 is 1.24 bits per heavy atom. The van der Waals surface area contributed by atoms with Gasteiger partial charge in [-0.2, -0.15) is 0 Å². The van der Waals surface area contributed by atoms with Gasteiger partial charge in [-0.25, -0.2) is 0 Å². The Morgan fingerprint density at radius 2 is 2.00 bits per heavy atom. The summed E-state index contributed by atoms with van der Waals surface area (Å²) in [5, 5.41) is 3.64. The Labute approximate surface area is 129 Å². The van der Waals surface area contributed by atoms with Crippen molar-refractivity contribution in [1.29, 1.82) is 0 Å². The minimum Gasteiger partial charge on any atom is -0.493 e. The predicted octanol–water partition coefficient (Wildman–Crippen LogP) is 3.76. The molecule has 0 heterocycles. The molecule has 1 aliphatic carbocycles. The van der Waals surface area contributed by atoms with Crippen LogP contribution in [0.1, 0.15) is 45.1 Å². The number of ether oxygens (including phenoxy) is 2. The van der Waals surface area contributed by atoms with Crippen LogP contribution in [0.5, 0.6) is 11.5 Å². The van der Waals surface area contributed by atoms with Crippen molar-refractivity contribution in [3.8, 4) is 11.5 Å². The van der Waals surface area contributed by atoms with Crippen molar-refractivity contribution in [3.05, 3.63) is 23.8 Å². The highest BCUT2D eigenvalue weighted by Gasteiger charge is 2.41. The van der Waals surface area contributed by atoms with Gasteiger partial charge in [0.2, 0.25) is 0 Å². The summed E-state index contributed by atoms with van der Waals surface area (Å²) in [5.41, 5.74) is 1.61. The van der Waals surface area contributed by atoms with Crippen LogP contribution in [0.2, 0.25) is 0 Å². The molecule has 3 nitrogen and oxygen atoms in total. The van der Waals surface area contributed by atoms with Crippen LogP contribution in [0.4, 0.5) is 0 Å². The summed E-state index contributed by atoms with van der Waals surface area (Å²) in [6.07, 6.45) is 5.04. The first-order valence-electron chi connectivity index (χ1n) is 8.11. The Hall–Kier alpha value is -1.22. The highest BCUT2D eigenvalue weighted by atomic mass is 16.5. The Kier molecular flexibility index (Phi) is 5.51. The molecule has 1 saturated carbocycles. The van der Waals surface area contributed by atoms with Crippen LogP contribution in [0.25, 0.3) is 0 Å². The fourth-order valence-electron chi connectivity index (χ4n) is 3.67. The van der Waals surface area contributed by atoms with Gasteiger partial charge in [-0.3, -0.25) is 0 Å². The molecule has 0 saturated heterocycles. The predicted molar refractivity (Wildman–Crippen MR) is 87.4 cm³/mol. The van der Waals surface area contributed by atoms with E-state index in [9.17, 15) is 0 Å². The first kappa shape index (κ1) is 16.2. The molecule has 21 heavy (non-hydrogen) atoms. The van der Waals surface area contributed by atoms with Crippen LogP contribution in [0, 0.1) is 5.92 Å². The maximum absolute atomic E-state index is 5.50. The molecule has 2 rings (SSSR count). The number of hydrogen-bond acceptors (Lipinski definition) is 3. The van der Waals surface area contributed by atoms with E-state index >= 15 is 0 Å². The van der Waals surface area contributed by atoms with Crippen LogP contribution >= 0.6 is 0 Å². The molecular weight excluding hydrogens is 262 g/mol. The maximum Gasteiger partial charge on any atom is 0.161 e. The van der Waals surface area contributed by atoms with E-state index in [4.69, 9.17) is 9.47 Å². The molecule has 1 aromatic carbocycles. The zero-order chi connectivity index (χ0) is 15.3. The van der Waals surface area contributed by atoms with Gasteiger partial charge >= 0.3 is 0 Å². The van der Waals surface area contributed by atoms with Crippen molar-refractivity contribution in [2.24, 2.45) is 5.92 Å². The van der Waals surface area contributed by atoms with E-state index < -0.39 is 0 Å². The summed E-state index contributed by atoms with van der Waals surface area (Å²) in [6, 6.07) is 6.44. The highest BCUT2D eigenvalue weighted by Crippen LogP contribution is 2.47. The quantitative estimate of drug-likeness (QED) is 0.776. The van der Waals surface area contributed by atoms with Crippen LogP contribution in [0.15, 0.2) is 18.2 Å². The Morgan fingerprint density at radius 3 is 2.57 bits per heavy atom. The van der Waals surface area contributed by atoms with Gasteiger partial charge in [-0.05, 0) is 49.4 Å². The van der Waals surface area contributed by atoms with Gasteiger partial charge in [0.15, 0.2) is 11.5 Å². The van der Waals surface area contributed by atoms with E-state index in [0.717, 1.165) is 24.6 Å². The van der Waals surface area contributed by atoms with Crippen molar-refractivity contribution in [3.63, 3.8) is 0 Å². The molecule has 1 N–H and O–H groups in total. The Balaban J connectivity index is 2.32. The molecule has 118 valence electrons. The number of rotatable bonds is 7. The molecule has 0 aromatic heterocycles. The molecule has 0 spiro atoms. The van der Waals surface area contributed by atoms with Crippen LogP contribution in [0.3, 0.4) is 0 Å². The lowest BCUT2D eigenvalue weighted by Gasteiger charge is -2.35. The fraction of sp³-hybridized carbons (Fsp3) is 0.667. The average Bonchev–Trinajstić information content (AvgIpc) is 2.89. The largest absolute Gasteiger partial charge is 0.493 e. The SMILES string of the molecule is CCCNCC1(c2ccc(OC)c(OC)c2)CCCC1C. The summed E-state index contributed by atoms with van der Waals surface area (Å²) >= 11 is 0. The third-order valence-corrected chi connectivity index (χ3v) is 5.03. The Bertz CT molecular complexity index is 461. The molecular formula is C18H29NO2. The summed E-state index contributed by atoms with van der Waals surface area (Å²) < 4.78 is 10.9. The van der Waals surface area contributed by atoms with Gasteiger partial charge in [0.1, 0.15) is 0 Å². The van der Waals surface area contributed by atoms with Crippen LogP contribution in [-0.2, 0) is 5.41 Å². The van der Waals surface area contributed by atoms with E-state index in [1.165, 1.54) is 31.2 Å². The summed E-state index contributed by atoms with van der Waals surface area (Å²) in [4.78, 5) is 0. The molecule has 1 fully saturated rings. The monoisotopic (exact) mass is 291 g/mol. The summed E-state index contributed by atoms with van der Waals surface area (Å²) in [5.74, 6) is 2.34. The standard InChI is InChI=1S/C18H29NO2/c1-5-11-19-13-18(10-6-7-14(18)2)15-8-9-16(20-3)17(12-15)21-4/h8-9,12,14,19H,5-7,10-11,13H2,1-4H3. The zero-order valence-corrected chi connectivity index (χ0v) is 13.9. The summed E-state index contributed by atoms with van der Waals surface area (Å²) in [7, 11) is 3.40. The lowest BCUT2D eigenvalue weighted by molar-refractivity contribution is 0.313. The van der Waals surface area contributed by atoms with Gasteiger partial charge in [0.25, 0.3) is 0 Å². The van der Waals surface area contributed by atoms with Gasteiger partial charge < -0.3 is 14.8 Å². The average molecular weight is 291 g/mol. The van der Waals surface area contributed by atoms with Crippen molar-refractivity contribution < 1.29 is 9.47 Å². The second-order valence-electron chi connectivity index (χ2n) is 6.20. The van der Waals surface area contributed by atoms with Crippen LogP contribution in [-0.4, -0.2) is 27.3 Å². The van der Waals surface area contributed by atoms with Gasteiger partial charge in [0.05, 0.1) is 14.2 Å². The minimum absolute atomic E-state index is 0.231. The molecule has 2 unspecified atom stereocenters. The number of benzene rings is 1. The molecule has 0 amide bonds. The van der Waals surface area contributed by atoms with Gasteiger partial charge in [-0.15, -0.1) is 0 Å². The fourth-order valence-corrected chi connectivity index (χ4v) is 3.67. The van der Waals surface area contributed by atoms with E-state index in [1.54, 1.807) is 14.2 Å². The van der Waals surface area contributed by atoms with Crippen molar-refractivity contribution in [2.75, 3.05) is 27.3 Å². The highest BCUT2D eigenvalue weighted by molar-refractivity contribution is 5.46. The van der Waals surface area contributed by atoms with E-state index in [0.29, 0.717) is 5.92 Å².